The van der Waals surface area contributed by atoms with Crippen molar-refractivity contribution in [3.63, 3.8) is 0 Å². The van der Waals surface area contributed by atoms with Crippen LogP contribution in [0.3, 0.4) is 0 Å². The van der Waals surface area contributed by atoms with Gasteiger partial charge in [-0.15, -0.1) is 0 Å². The molecule has 0 radical (unpaired) electrons. The third-order valence-corrected chi connectivity index (χ3v) is 10.6. The van der Waals surface area contributed by atoms with Crippen molar-refractivity contribution >= 4 is 17.9 Å². The maximum atomic E-state index is 12.8. The molecular weight excluding hydrogens is 793 g/mol. The quantitative estimate of drug-likeness (QED) is 0.0199. The Kier molecular flexibility index (Phi) is 48.5. The number of carbonyl (C=O) groups excluding carboxylic acids is 3. The first-order valence-corrected chi connectivity index (χ1v) is 25.9. The van der Waals surface area contributed by atoms with Crippen molar-refractivity contribution in [1.82, 2.24) is 0 Å². The van der Waals surface area contributed by atoms with Gasteiger partial charge in [-0.3, -0.25) is 14.4 Å². The lowest BCUT2D eigenvalue weighted by Crippen LogP contribution is -2.30. The summed E-state index contributed by atoms with van der Waals surface area (Å²) in [4.78, 5) is 38.0. The monoisotopic (exact) mass is 887 g/mol. The smallest absolute Gasteiger partial charge is 0.306 e. The Labute approximate surface area is 393 Å². The third kappa shape index (κ3) is 49.1. The average molecular weight is 887 g/mol. The molecule has 0 spiro atoms. The van der Waals surface area contributed by atoms with E-state index >= 15 is 0 Å². The maximum absolute atomic E-state index is 12.8. The molecule has 0 aliphatic carbocycles. The van der Waals surface area contributed by atoms with Crippen LogP contribution in [-0.4, -0.2) is 37.2 Å². The van der Waals surface area contributed by atoms with Crippen LogP contribution >= 0.6 is 0 Å². The molecule has 64 heavy (non-hydrogen) atoms. The molecule has 0 aromatic carbocycles. The molecule has 0 N–H and O–H groups in total. The van der Waals surface area contributed by atoms with Crippen molar-refractivity contribution in [3.05, 3.63) is 109 Å². The molecule has 0 heterocycles. The van der Waals surface area contributed by atoms with E-state index in [2.05, 4.69) is 130 Å². The Hall–Kier alpha value is -3.93. The van der Waals surface area contributed by atoms with Crippen LogP contribution in [0.4, 0.5) is 0 Å². The van der Waals surface area contributed by atoms with Crippen LogP contribution in [0.15, 0.2) is 109 Å². The van der Waals surface area contributed by atoms with Crippen molar-refractivity contribution in [2.75, 3.05) is 13.2 Å². The second kappa shape index (κ2) is 51.7. The summed E-state index contributed by atoms with van der Waals surface area (Å²) in [6.07, 6.45) is 69.3. The van der Waals surface area contributed by atoms with Crippen LogP contribution in [-0.2, 0) is 28.6 Å². The van der Waals surface area contributed by atoms with Gasteiger partial charge < -0.3 is 14.2 Å². The number of carbonyl (C=O) groups is 3. The third-order valence-electron chi connectivity index (χ3n) is 10.6. The fourth-order valence-corrected chi connectivity index (χ4v) is 6.76. The predicted octanol–water partition coefficient (Wildman–Crippen LogP) is 17.1. The molecule has 0 rings (SSSR count). The topological polar surface area (TPSA) is 78.9 Å². The van der Waals surface area contributed by atoms with Crippen molar-refractivity contribution in [1.29, 1.82) is 0 Å². The SMILES string of the molecule is CC/C=C/C=C/C=C/CCCCCCCC(=O)OCC(COC(=O)CCCCCCCC/C=C/C/C=C/C/C=C/C/C=C/CC)OC(=O)CCCCCCCCC/C=C/C/C=C/CC. The lowest BCUT2D eigenvalue weighted by molar-refractivity contribution is -0.167. The van der Waals surface area contributed by atoms with Crippen LogP contribution in [0.25, 0.3) is 0 Å². The molecule has 0 aliphatic rings. The highest BCUT2D eigenvalue weighted by molar-refractivity contribution is 5.71. The van der Waals surface area contributed by atoms with Gasteiger partial charge in [0.15, 0.2) is 6.10 Å². The fourth-order valence-electron chi connectivity index (χ4n) is 6.76. The number of rotatable bonds is 45. The number of allylic oxidation sites excluding steroid dienone is 18. The fraction of sp³-hybridized carbons (Fsp3) is 0.638. The highest BCUT2D eigenvalue weighted by Gasteiger charge is 2.19. The van der Waals surface area contributed by atoms with E-state index in [1.165, 1.54) is 38.5 Å². The molecule has 6 nitrogen and oxygen atoms in total. The van der Waals surface area contributed by atoms with Gasteiger partial charge in [-0.2, -0.15) is 0 Å². The Morgan fingerprint density at radius 2 is 0.641 bits per heavy atom. The van der Waals surface area contributed by atoms with Crippen LogP contribution in [0.2, 0.25) is 0 Å². The Bertz CT molecular complexity index is 1340. The summed E-state index contributed by atoms with van der Waals surface area (Å²) in [6.45, 7) is 6.24. The Balaban J connectivity index is 4.44. The molecule has 0 saturated carbocycles. The summed E-state index contributed by atoms with van der Waals surface area (Å²) in [5.74, 6) is -0.945. The average Bonchev–Trinajstić information content (AvgIpc) is 3.29. The lowest BCUT2D eigenvalue weighted by Gasteiger charge is -2.18. The molecule has 0 bridgehead atoms. The van der Waals surface area contributed by atoms with Crippen molar-refractivity contribution in [3.8, 4) is 0 Å². The standard InChI is InChI=1S/C58H94O6/c1-4-7-10-13-16-19-22-25-27-28-29-30-31-34-36-39-42-45-48-51-57(60)63-54-55(53-62-56(59)50-47-44-41-38-35-32-24-21-18-15-12-9-6-3)64-58(61)52-49-46-43-40-37-33-26-23-20-17-14-11-8-5-2/h7-12,15-21,24-25,27,29-30,55H,4-6,13-14,22-23,26,28,31-54H2,1-3H3/b10-7+,11-8+,12-9+,18-15+,19-16+,20-17+,24-21+,27-25+,30-29+. The van der Waals surface area contributed by atoms with Gasteiger partial charge in [-0.25, -0.2) is 0 Å². The number of ether oxygens (including phenoxy) is 3. The Morgan fingerprint density at radius 1 is 0.328 bits per heavy atom. The second-order valence-electron chi connectivity index (χ2n) is 16.7. The number of hydrogen-bond acceptors (Lipinski definition) is 6. The molecule has 0 aromatic rings. The largest absolute Gasteiger partial charge is 0.462 e. The van der Waals surface area contributed by atoms with Gasteiger partial charge >= 0.3 is 17.9 Å². The number of unbranched alkanes of at least 4 members (excludes halogenated alkanes) is 18. The van der Waals surface area contributed by atoms with Crippen molar-refractivity contribution < 1.29 is 28.6 Å². The molecule has 0 fully saturated rings. The van der Waals surface area contributed by atoms with Crippen LogP contribution < -0.4 is 0 Å². The molecule has 1 unspecified atom stereocenters. The second-order valence-corrected chi connectivity index (χ2v) is 16.7. The predicted molar refractivity (Wildman–Crippen MR) is 274 cm³/mol. The van der Waals surface area contributed by atoms with E-state index in [0.717, 1.165) is 141 Å². The van der Waals surface area contributed by atoms with Gasteiger partial charge in [0.25, 0.3) is 0 Å². The minimum atomic E-state index is -0.798. The molecule has 6 heteroatoms. The summed E-state index contributed by atoms with van der Waals surface area (Å²) < 4.78 is 16.8. The zero-order valence-electron chi connectivity index (χ0n) is 41.3. The van der Waals surface area contributed by atoms with E-state index in [9.17, 15) is 14.4 Å². The molecule has 0 amide bonds. The van der Waals surface area contributed by atoms with Gasteiger partial charge in [0.1, 0.15) is 13.2 Å². The first-order chi connectivity index (χ1) is 31.5. The van der Waals surface area contributed by atoms with Crippen molar-refractivity contribution in [2.24, 2.45) is 0 Å². The van der Waals surface area contributed by atoms with Gasteiger partial charge in [0.2, 0.25) is 0 Å². The molecular formula is C58H94O6. The van der Waals surface area contributed by atoms with Gasteiger partial charge in [-0.1, -0.05) is 207 Å². The summed E-state index contributed by atoms with van der Waals surface area (Å²) in [5, 5.41) is 0. The highest BCUT2D eigenvalue weighted by Crippen LogP contribution is 2.14. The van der Waals surface area contributed by atoms with Gasteiger partial charge in [-0.05, 0) is 103 Å². The zero-order valence-corrected chi connectivity index (χ0v) is 41.3. The number of esters is 3. The molecule has 0 aliphatic heterocycles. The maximum Gasteiger partial charge on any atom is 0.306 e. The first-order valence-electron chi connectivity index (χ1n) is 25.9. The molecule has 0 saturated heterocycles. The van der Waals surface area contributed by atoms with E-state index in [1.807, 2.05) is 0 Å². The summed E-state index contributed by atoms with van der Waals surface area (Å²) in [7, 11) is 0. The van der Waals surface area contributed by atoms with Crippen LogP contribution in [0.1, 0.15) is 220 Å². The Morgan fingerprint density at radius 3 is 1.05 bits per heavy atom. The van der Waals surface area contributed by atoms with E-state index in [1.54, 1.807) is 0 Å². The van der Waals surface area contributed by atoms with E-state index < -0.39 is 6.10 Å². The summed E-state index contributed by atoms with van der Waals surface area (Å²) in [6, 6.07) is 0. The first kappa shape index (κ1) is 60.1. The van der Waals surface area contributed by atoms with Crippen LogP contribution in [0, 0.1) is 0 Å². The zero-order chi connectivity index (χ0) is 46.5. The van der Waals surface area contributed by atoms with Crippen molar-refractivity contribution in [2.45, 2.75) is 226 Å². The molecule has 1 atom stereocenters. The van der Waals surface area contributed by atoms with E-state index in [-0.39, 0.29) is 31.1 Å². The lowest BCUT2D eigenvalue weighted by atomic mass is 10.1. The summed E-state index contributed by atoms with van der Waals surface area (Å²) in [5.41, 5.74) is 0. The minimum absolute atomic E-state index is 0.0978. The molecule has 0 aromatic heterocycles. The minimum Gasteiger partial charge on any atom is -0.462 e. The van der Waals surface area contributed by atoms with Crippen LogP contribution in [0.5, 0.6) is 0 Å². The molecule has 362 valence electrons. The van der Waals surface area contributed by atoms with E-state index in [0.29, 0.717) is 19.3 Å². The van der Waals surface area contributed by atoms with Gasteiger partial charge in [0, 0.05) is 19.3 Å². The summed E-state index contributed by atoms with van der Waals surface area (Å²) >= 11 is 0. The normalized spacial score (nSPS) is 13.0. The van der Waals surface area contributed by atoms with E-state index in [4.69, 9.17) is 14.2 Å². The number of hydrogen-bond donors (Lipinski definition) is 0. The highest BCUT2D eigenvalue weighted by atomic mass is 16.6. The van der Waals surface area contributed by atoms with Gasteiger partial charge in [0.05, 0.1) is 0 Å².